The molecule has 0 radical (unpaired) electrons. The van der Waals surface area contributed by atoms with Gasteiger partial charge >= 0.3 is 0 Å². The second-order valence-electron chi connectivity index (χ2n) is 4.92. The third-order valence-corrected chi connectivity index (χ3v) is 4.38. The summed E-state index contributed by atoms with van der Waals surface area (Å²) in [4.78, 5) is 0. The highest BCUT2D eigenvalue weighted by molar-refractivity contribution is 9.10. The van der Waals surface area contributed by atoms with Crippen LogP contribution in [0, 0.1) is 5.82 Å². The van der Waals surface area contributed by atoms with E-state index in [-0.39, 0.29) is 11.9 Å². The second kappa shape index (κ2) is 5.44. The molecular weight excluding hydrogens is 321 g/mol. The molecule has 2 aromatic rings. The van der Waals surface area contributed by atoms with Gasteiger partial charge in [0.1, 0.15) is 11.6 Å². The minimum absolute atomic E-state index is 0.160. The summed E-state index contributed by atoms with van der Waals surface area (Å²) < 4.78 is 19.5. The van der Waals surface area contributed by atoms with E-state index in [1.807, 2.05) is 24.3 Å². The minimum atomic E-state index is -0.160. The van der Waals surface area contributed by atoms with Gasteiger partial charge in [-0.2, -0.15) is 0 Å². The summed E-state index contributed by atoms with van der Waals surface area (Å²) in [7, 11) is 1.65. The van der Waals surface area contributed by atoms with Crippen LogP contribution in [0.1, 0.15) is 23.6 Å². The Morgan fingerprint density at radius 3 is 2.90 bits per heavy atom. The third kappa shape index (κ3) is 2.52. The largest absolute Gasteiger partial charge is 0.497 e. The molecule has 0 spiro atoms. The summed E-state index contributed by atoms with van der Waals surface area (Å²) >= 11 is 3.54. The van der Waals surface area contributed by atoms with Crippen molar-refractivity contribution >= 4 is 21.6 Å². The highest BCUT2D eigenvalue weighted by atomic mass is 79.9. The Bertz CT molecular complexity index is 644. The number of anilines is 1. The molecule has 1 atom stereocenters. The fourth-order valence-electron chi connectivity index (χ4n) is 2.67. The van der Waals surface area contributed by atoms with Gasteiger partial charge in [0.05, 0.1) is 18.8 Å². The number of methoxy groups -OCH3 is 1. The third-order valence-electron chi connectivity index (χ3n) is 3.69. The Kier molecular flexibility index (Phi) is 3.66. The van der Waals surface area contributed by atoms with Gasteiger partial charge in [0, 0.05) is 10.5 Å². The lowest BCUT2D eigenvalue weighted by Crippen LogP contribution is -2.07. The SMILES string of the molecule is COc1ccc(Br)c(NC2CCc3cc(F)ccc32)c1. The fraction of sp³-hybridized carbons (Fsp3) is 0.250. The Morgan fingerprint density at radius 2 is 2.10 bits per heavy atom. The van der Waals surface area contributed by atoms with Crippen molar-refractivity contribution in [1.29, 1.82) is 0 Å². The van der Waals surface area contributed by atoms with Crippen LogP contribution in [0.5, 0.6) is 5.75 Å². The van der Waals surface area contributed by atoms with Crippen molar-refractivity contribution in [3.05, 3.63) is 57.8 Å². The average molecular weight is 336 g/mol. The Balaban J connectivity index is 1.87. The molecule has 1 unspecified atom stereocenters. The molecule has 1 aliphatic rings. The molecule has 2 aromatic carbocycles. The van der Waals surface area contributed by atoms with Crippen molar-refractivity contribution in [3.63, 3.8) is 0 Å². The van der Waals surface area contributed by atoms with Crippen molar-refractivity contribution < 1.29 is 9.13 Å². The molecule has 104 valence electrons. The first-order valence-corrected chi connectivity index (χ1v) is 7.35. The first-order valence-electron chi connectivity index (χ1n) is 6.56. The van der Waals surface area contributed by atoms with E-state index in [9.17, 15) is 4.39 Å². The van der Waals surface area contributed by atoms with E-state index in [0.717, 1.165) is 34.3 Å². The second-order valence-corrected chi connectivity index (χ2v) is 5.78. The highest BCUT2D eigenvalue weighted by Gasteiger charge is 2.23. The van der Waals surface area contributed by atoms with Crippen LogP contribution < -0.4 is 10.1 Å². The van der Waals surface area contributed by atoms with Crippen LogP contribution in [0.2, 0.25) is 0 Å². The molecule has 0 saturated carbocycles. The topological polar surface area (TPSA) is 21.3 Å². The van der Waals surface area contributed by atoms with Crippen molar-refractivity contribution in [1.82, 2.24) is 0 Å². The summed E-state index contributed by atoms with van der Waals surface area (Å²) in [6, 6.07) is 11.1. The maximum absolute atomic E-state index is 13.2. The van der Waals surface area contributed by atoms with Crippen LogP contribution >= 0.6 is 15.9 Å². The molecule has 0 aromatic heterocycles. The number of hydrogen-bond donors (Lipinski definition) is 1. The summed E-state index contributed by atoms with van der Waals surface area (Å²) in [5.41, 5.74) is 3.27. The van der Waals surface area contributed by atoms with Crippen LogP contribution in [-0.4, -0.2) is 7.11 Å². The van der Waals surface area contributed by atoms with Gasteiger partial charge in [-0.1, -0.05) is 6.07 Å². The first kappa shape index (κ1) is 13.4. The summed E-state index contributed by atoms with van der Waals surface area (Å²) in [5.74, 6) is 0.653. The molecule has 4 heteroatoms. The van der Waals surface area contributed by atoms with Gasteiger partial charge < -0.3 is 10.1 Å². The van der Waals surface area contributed by atoms with Gasteiger partial charge in [-0.15, -0.1) is 0 Å². The molecule has 20 heavy (non-hydrogen) atoms. The van der Waals surface area contributed by atoms with Crippen molar-refractivity contribution in [2.75, 3.05) is 12.4 Å². The number of fused-ring (bicyclic) bond motifs is 1. The number of hydrogen-bond acceptors (Lipinski definition) is 2. The summed E-state index contributed by atoms with van der Waals surface area (Å²) in [6.07, 6.45) is 1.88. The molecule has 0 bridgehead atoms. The predicted octanol–water partition coefficient (Wildman–Crippen LogP) is 4.70. The van der Waals surface area contributed by atoms with E-state index in [0.29, 0.717) is 0 Å². The predicted molar refractivity (Wildman–Crippen MR) is 81.8 cm³/mol. The van der Waals surface area contributed by atoms with Gasteiger partial charge in [0.25, 0.3) is 0 Å². The van der Waals surface area contributed by atoms with Crippen molar-refractivity contribution in [2.24, 2.45) is 0 Å². The van der Waals surface area contributed by atoms with Crippen LogP contribution in [0.3, 0.4) is 0 Å². The van der Waals surface area contributed by atoms with Gasteiger partial charge in [-0.3, -0.25) is 0 Å². The van der Waals surface area contributed by atoms with E-state index in [4.69, 9.17) is 4.74 Å². The van der Waals surface area contributed by atoms with E-state index >= 15 is 0 Å². The zero-order chi connectivity index (χ0) is 14.1. The summed E-state index contributed by atoms with van der Waals surface area (Å²) in [5, 5.41) is 3.51. The molecule has 1 aliphatic carbocycles. The van der Waals surface area contributed by atoms with Crippen LogP contribution in [0.25, 0.3) is 0 Å². The molecule has 0 heterocycles. The molecule has 1 N–H and O–H groups in total. The maximum atomic E-state index is 13.2. The zero-order valence-corrected chi connectivity index (χ0v) is 12.7. The Morgan fingerprint density at radius 1 is 1.25 bits per heavy atom. The molecule has 0 saturated heterocycles. The van der Waals surface area contributed by atoms with E-state index in [2.05, 4.69) is 21.2 Å². The molecule has 0 aliphatic heterocycles. The van der Waals surface area contributed by atoms with E-state index in [1.54, 1.807) is 13.2 Å². The van der Waals surface area contributed by atoms with Gasteiger partial charge in [-0.05, 0) is 64.2 Å². The van der Waals surface area contributed by atoms with Crippen molar-refractivity contribution in [2.45, 2.75) is 18.9 Å². The number of ether oxygens (including phenoxy) is 1. The maximum Gasteiger partial charge on any atom is 0.123 e. The monoisotopic (exact) mass is 335 g/mol. The van der Waals surface area contributed by atoms with Gasteiger partial charge in [-0.25, -0.2) is 4.39 Å². The van der Waals surface area contributed by atoms with Crippen LogP contribution in [-0.2, 0) is 6.42 Å². The fourth-order valence-corrected chi connectivity index (χ4v) is 3.03. The standard InChI is InChI=1S/C16H15BrFNO/c1-20-12-4-6-14(17)16(9-12)19-15-7-2-10-8-11(18)3-5-13(10)15/h3-6,8-9,15,19H,2,7H2,1H3. The van der Waals surface area contributed by atoms with Gasteiger partial charge in [0.15, 0.2) is 0 Å². The van der Waals surface area contributed by atoms with Crippen molar-refractivity contribution in [3.8, 4) is 5.75 Å². The minimum Gasteiger partial charge on any atom is -0.497 e. The number of benzene rings is 2. The highest BCUT2D eigenvalue weighted by Crippen LogP contribution is 2.37. The number of rotatable bonds is 3. The number of aryl methyl sites for hydroxylation is 1. The molecule has 3 rings (SSSR count). The average Bonchev–Trinajstić information content (AvgIpc) is 2.83. The molecule has 0 fully saturated rings. The molecular formula is C16H15BrFNO. The normalized spacial score (nSPS) is 16.9. The molecule has 2 nitrogen and oxygen atoms in total. The number of halogens is 2. The van der Waals surface area contributed by atoms with E-state index in [1.165, 1.54) is 11.6 Å². The quantitative estimate of drug-likeness (QED) is 0.877. The lowest BCUT2D eigenvalue weighted by molar-refractivity contribution is 0.415. The summed E-state index contributed by atoms with van der Waals surface area (Å²) in [6.45, 7) is 0. The van der Waals surface area contributed by atoms with Crippen LogP contribution in [0.15, 0.2) is 40.9 Å². The first-order chi connectivity index (χ1) is 9.67. The smallest absolute Gasteiger partial charge is 0.123 e. The lowest BCUT2D eigenvalue weighted by Gasteiger charge is -2.17. The Labute approximate surface area is 126 Å². The number of nitrogens with one attached hydrogen (secondary N) is 1. The molecule has 0 amide bonds. The van der Waals surface area contributed by atoms with E-state index < -0.39 is 0 Å². The van der Waals surface area contributed by atoms with Gasteiger partial charge in [0.2, 0.25) is 0 Å². The van der Waals surface area contributed by atoms with Crippen LogP contribution in [0.4, 0.5) is 10.1 Å². The zero-order valence-electron chi connectivity index (χ0n) is 11.1. The lowest BCUT2D eigenvalue weighted by atomic mass is 10.1. The Hall–Kier alpha value is -1.55.